The Kier molecular flexibility index (Phi) is 4.77. The maximum absolute atomic E-state index is 2.46. The summed E-state index contributed by atoms with van der Waals surface area (Å²) in [7, 11) is 0. The van der Waals surface area contributed by atoms with E-state index in [0.29, 0.717) is 0 Å². The molecule has 0 saturated carbocycles. The highest BCUT2D eigenvalue weighted by atomic mass is 14.2. The molecule has 0 atom stereocenters. The lowest BCUT2D eigenvalue weighted by Crippen LogP contribution is -2.04. The lowest BCUT2D eigenvalue weighted by atomic mass is 9.81. The van der Waals surface area contributed by atoms with E-state index in [1.165, 1.54) is 109 Å². The topological polar surface area (TPSA) is 0 Å². The molecule has 10 aromatic rings. The summed E-state index contributed by atoms with van der Waals surface area (Å²) in [6.07, 6.45) is 2.12. The van der Waals surface area contributed by atoms with Gasteiger partial charge >= 0.3 is 0 Å². The van der Waals surface area contributed by atoms with E-state index in [2.05, 4.69) is 146 Å². The highest BCUT2D eigenvalue weighted by Gasteiger charge is 2.20. The molecule has 0 N–H and O–H groups in total. The molecule has 0 nitrogen and oxygen atoms in total. The molecule has 1 aliphatic carbocycles. The van der Waals surface area contributed by atoms with Crippen LogP contribution in [0, 0.1) is 0 Å². The quantitative estimate of drug-likeness (QED) is 0.178. The maximum atomic E-state index is 2.46. The van der Waals surface area contributed by atoms with Crippen molar-refractivity contribution in [3.05, 3.63) is 157 Å². The predicted octanol–water partition coefficient (Wildman–Crippen LogP) is 12.6. The summed E-state index contributed by atoms with van der Waals surface area (Å²) in [5.74, 6) is 0. The summed E-state index contributed by atoms with van der Waals surface area (Å²) in [6.45, 7) is 0. The fraction of sp³-hybridized carbons (Fsp3) is 0.0435. The molecule has 0 aromatic heterocycles. The van der Waals surface area contributed by atoms with Gasteiger partial charge in [0.05, 0.1) is 0 Å². The molecular weight excluding hydrogens is 553 g/mol. The molecule has 212 valence electrons. The molecule has 0 heteroatoms. The first-order chi connectivity index (χ1) is 22.8. The Morgan fingerprint density at radius 2 is 0.630 bits per heavy atom. The van der Waals surface area contributed by atoms with Crippen LogP contribution in [0.4, 0.5) is 0 Å². The fourth-order valence-electron chi connectivity index (χ4n) is 8.71. The SMILES string of the molecule is c1cc2ccc3ccc(-c4ccc5c(c4)CCc4cc(-c6ccc7ccc8cccc9ccc6c7c89)ccc4-5)c4ccc(c1)c2c34. The van der Waals surface area contributed by atoms with Crippen molar-refractivity contribution in [3.63, 3.8) is 0 Å². The molecule has 10 aromatic carbocycles. The second-order valence-electron chi connectivity index (χ2n) is 13.2. The van der Waals surface area contributed by atoms with Crippen LogP contribution in [0.1, 0.15) is 11.1 Å². The van der Waals surface area contributed by atoms with Gasteiger partial charge in [0.2, 0.25) is 0 Å². The van der Waals surface area contributed by atoms with E-state index in [0.717, 1.165) is 12.8 Å². The number of rotatable bonds is 2. The monoisotopic (exact) mass is 580 g/mol. The van der Waals surface area contributed by atoms with E-state index >= 15 is 0 Å². The molecule has 0 amide bonds. The van der Waals surface area contributed by atoms with E-state index in [4.69, 9.17) is 0 Å². The first-order valence-corrected chi connectivity index (χ1v) is 16.4. The number of benzene rings is 10. The highest BCUT2D eigenvalue weighted by molar-refractivity contribution is 6.26. The van der Waals surface area contributed by atoms with E-state index in [1.807, 2.05) is 0 Å². The number of fused-ring (bicyclic) bond motifs is 3. The third-order valence-electron chi connectivity index (χ3n) is 10.8. The van der Waals surface area contributed by atoms with E-state index in [1.54, 1.807) is 0 Å². The Balaban J connectivity index is 1.03. The van der Waals surface area contributed by atoms with Crippen LogP contribution < -0.4 is 0 Å². The van der Waals surface area contributed by atoms with Crippen LogP contribution in [-0.2, 0) is 12.8 Å². The van der Waals surface area contributed by atoms with Crippen molar-refractivity contribution in [1.82, 2.24) is 0 Å². The van der Waals surface area contributed by atoms with Crippen LogP contribution in [0.25, 0.3) is 98.0 Å². The number of hydrogen-bond acceptors (Lipinski definition) is 0. The molecular formula is C46H28. The third-order valence-corrected chi connectivity index (χ3v) is 10.8. The molecule has 0 radical (unpaired) electrons. The van der Waals surface area contributed by atoms with Crippen molar-refractivity contribution in [2.45, 2.75) is 12.8 Å². The Morgan fingerprint density at radius 1 is 0.283 bits per heavy atom. The Hall–Kier alpha value is -5.72. The summed E-state index contributed by atoms with van der Waals surface area (Å²) >= 11 is 0. The highest BCUT2D eigenvalue weighted by Crippen LogP contribution is 2.44. The van der Waals surface area contributed by atoms with Crippen LogP contribution in [0.5, 0.6) is 0 Å². The molecule has 0 fully saturated rings. The van der Waals surface area contributed by atoms with Gasteiger partial charge in [0.1, 0.15) is 0 Å². The molecule has 46 heavy (non-hydrogen) atoms. The first kappa shape index (κ1) is 24.6. The zero-order valence-electron chi connectivity index (χ0n) is 25.3. The first-order valence-electron chi connectivity index (χ1n) is 16.4. The van der Waals surface area contributed by atoms with Gasteiger partial charge in [-0.15, -0.1) is 0 Å². The van der Waals surface area contributed by atoms with Crippen LogP contribution in [0.2, 0.25) is 0 Å². The zero-order chi connectivity index (χ0) is 29.9. The van der Waals surface area contributed by atoms with Crippen molar-refractivity contribution >= 4 is 64.6 Å². The average molecular weight is 581 g/mol. The summed E-state index contributed by atoms with van der Waals surface area (Å²) < 4.78 is 0. The summed E-state index contributed by atoms with van der Waals surface area (Å²) in [5.41, 5.74) is 10.9. The van der Waals surface area contributed by atoms with Crippen molar-refractivity contribution in [2.75, 3.05) is 0 Å². The molecule has 0 aliphatic heterocycles. The maximum Gasteiger partial charge on any atom is -0.00206 e. The predicted molar refractivity (Wildman–Crippen MR) is 198 cm³/mol. The zero-order valence-corrected chi connectivity index (χ0v) is 25.3. The van der Waals surface area contributed by atoms with Gasteiger partial charge in [-0.2, -0.15) is 0 Å². The van der Waals surface area contributed by atoms with Gasteiger partial charge in [-0.3, -0.25) is 0 Å². The molecule has 1 aliphatic rings. The second kappa shape index (κ2) is 8.93. The molecule has 11 rings (SSSR count). The standard InChI is InChI=1S/C46H28/c1-3-27-7-9-31-13-19-39(41-23-15-29(5-1)43(27)45(31)41)35-17-21-37-33(25-35)11-12-34-26-36(18-22-38(34)37)40-20-14-32-10-8-28-4-2-6-30-16-24-42(40)46(32)44(28)30/h1-10,13-26H,11-12H2. The van der Waals surface area contributed by atoms with Crippen molar-refractivity contribution < 1.29 is 0 Å². The molecule has 0 unspecified atom stereocenters. The van der Waals surface area contributed by atoms with Crippen LogP contribution in [-0.4, -0.2) is 0 Å². The van der Waals surface area contributed by atoms with Crippen molar-refractivity contribution in [1.29, 1.82) is 0 Å². The summed E-state index contributed by atoms with van der Waals surface area (Å²) in [5, 5.41) is 16.1. The Morgan fingerprint density at radius 3 is 1.07 bits per heavy atom. The largest absolute Gasteiger partial charge is 0.0610 e. The van der Waals surface area contributed by atoms with Gasteiger partial charge in [-0.05, 0) is 122 Å². The molecule has 0 heterocycles. The van der Waals surface area contributed by atoms with Crippen LogP contribution in [0.3, 0.4) is 0 Å². The van der Waals surface area contributed by atoms with Crippen LogP contribution >= 0.6 is 0 Å². The van der Waals surface area contributed by atoms with Gasteiger partial charge in [-0.25, -0.2) is 0 Å². The normalized spacial score (nSPS) is 13.0. The molecule has 0 bridgehead atoms. The fourth-order valence-corrected chi connectivity index (χ4v) is 8.71. The minimum atomic E-state index is 1.06. The van der Waals surface area contributed by atoms with Crippen LogP contribution in [0.15, 0.2) is 146 Å². The minimum Gasteiger partial charge on any atom is -0.0610 e. The van der Waals surface area contributed by atoms with Gasteiger partial charge in [0.25, 0.3) is 0 Å². The minimum absolute atomic E-state index is 1.06. The summed E-state index contributed by atoms with van der Waals surface area (Å²) in [4.78, 5) is 0. The van der Waals surface area contributed by atoms with Gasteiger partial charge in [0, 0.05) is 0 Å². The Bertz CT molecular complexity index is 2620. The van der Waals surface area contributed by atoms with E-state index in [9.17, 15) is 0 Å². The smallest absolute Gasteiger partial charge is 0.00206 e. The lowest BCUT2D eigenvalue weighted by Gasteiger charge is -2.23. The van der Waals surface area contributed by atoms with Gasteiger partial charge in [0.15, 0.2) is 0 Å². The van der Waals surface area contributed by atoms with Crippen molar-refractivity contribution in [2.24, 2.45) is 0 Å². The van der Waals surface area contributed by atoms with Gasteiger partial charge < -0.3 is 0 Å². The van der Waals surface area contributed by atoms with Crippen molar-refractivity contribution in [3.8, 4) is 33.4 Å². The second-order valence-corrected chi connectivity index (χ2v) is 13.2. The lowest BCUT2D eigenvalue weighted by molar-refractivity contribution is 0.943. The number of hydrogen-bond donors (Lipinski definition) is 0. The molecule has 0 spiro atoms. The van der Waals surface area contributed by atoms with E-state index < -0.39 is 0 Å². The Labute approximate surface area is 266 Å². The number of aryl methyl sites for hydroxylation is 2. The van der Waals surface area contributed by atoms with E-state index in [-0.39, 0.29) is 0 Å². The third kappa shape index (κ3) is 3.28. The van der Waals surface area contributed by atoms with Gasteiger partial charge in [-0.1, -0.05) is 146 Å². The summed E-state index contributed by atoms with van der Waals surface area (Å²) in [6, 6.07) is 55.2. The average Bonchev–Trinajstić information content (AvgIpc) is 3.12. The molecule has 0 saturated heterocycles.